The Bertz CT molecular complexity index is 643. The van der Waals surface area contributed by atoms with E-state index < -0.39 is 0 Å². The highest BCUT2D eigenvalue weighted by Crippen LogP contribution is 2.16. The summed E-state index contributed by atoms with van der Waals surface area (Å²) in [7, 11) is 3.91. The van der Waals surface area contributed by atoms with E-state index in [9.17, 15) is 4.79 Å². The molecule has 1 N–H and O–H groups in total. The molecule has 2 aromatic rings. The zero-order chi connectivity index (χ0) is 15.2. The van der Waals surface area contributed by atoms with Crippen LogP contribution in [-0.4, -0.2) is 45.5 Å². The Kier molecular flexibility index (Phi) is 5.40. The van der Waals surface area contributed by atoms with E-state index in [1.54, 1.807) is 12.4 Å². The summed E-state index contributed by atoms with van der Waals surface area (Å²) in [6.07, 6.45) is 3.25. The highest BCUT2D eigenvalue weighted by atomic mass is 79.9. The predicted octanol–water partition coefficient (Wildman–Crippen LogP) is 0.969. The SMILES string of the molecule is CN(C)CCn1ncc(NCc2cccnn2)c(Br)c1=O. The monoisotopic (exact) mass is 352 g/mol. The van der Waals surface area contributed by atoms with Crippen LogP contribution >= 0.6 is 15.9 Å². The first-order valence-electron chi connectivity index (χ1n) is 6.48. The summed E-state index contributed by atoms with van der Waals surface area (Å²) in [5.41, 5.74) is 1.29. The topological polar surface area (TPSA) is 75.9 Å². The predicted molar refractivity (Wildman–Crippen MR) is 84.1 cm³/mol. The largest absolute Gasteiger partial charge is 0.377 e. The molecule has 8 heteroatoms. The lowest BCUT2D eigenvalue weighted by molar-refractivity contribution is 0.367. The highest BCUT2D eigenvalue weighted by molar-refractivity contribution is 9.10. The maximum absolute atomic E-state index is 12.2. The van der Waals surface area contributed by atoms with E-state index in [1.807, 2.05) is 31.1 Å². The van der Waals surface area contributed by atoms with Crippen molar-refractivity contribution in [2.45, 2.75) is 13.1 Å². The molecule has 0 radical (unpaired) electrons. The number of nitrogens with one attached hydrogen (secondary N) is 1. The fourth-order valence-electron chi connectivity index (χ4n) is 1.66. The van der Waals surface area contributed by atoms with Crippen LogP contribution < -0.4 is 10.9 Å². The average molecular weight is 353 g/mol. The normalized spacial score (nSPS) is 10.9. The van der Waals surface area contributed by atoms with Crippen LogP contribution in [0.2, 0.25) is 0 Å². The lowest BCUT2D eigenvalue weighted by atomic mass is 10.3. The number of hydrogen-bond donors (Lipinski definition) is 1. The minimum Gasteiger partial charge on any atom is -0.377 e. The van der Waals surface area contributed by atoms with E-state index in [2.05, 4.69) is 36.5 Å². The van der Waals surface area contributed by atoms with Crippen LogP contribution in [0, 0.1) is 0 Å². The summed E-state index contributed by atoms with van der Waals surface area (Å²) < 4.78 is 1.91. The molecule has 0 saturated carbocycles. The first-order chi connectivity index (χ1) is 10.1. The third-order valence-electron chi connectivity index (χ3n) is 2.83. The molecule has 0 saturated heterocycles. The number of halogens is 1. The molecule has 0 aliphatic heterocycles. The molecule has 2 aromatic heterocycles. The molecule has 112 valence electrons. The molecule has 0 amide bonds. The van der Waals surface area contributed by atoms with Crippen molar-refractivity contribution >= 4 is 21.6 Å². The van der Waals surface area contributed by atoms with Crippen molar-refractivity contribution in [3.05, 3.63) is 45.0 Å². The minimum absolute atomic E-state index is 0.152. The molecule has 2 heterocycles. The van der Waals surface area contributed by atoms with Gasteiger partial charge >= 0.3 is 0 Å². The molecule has 0 unspecified atom stereocenters. The molecule has 0 aromatic carbocycles. The van der Waals surface area contributed by atoms with Crippen LogP contribution in [0.1, 0.15) is 5.69 Å². The number of rotatable bonds is 6. The number of aromatic nitrogens is 4. The van der Waals surface area contributed by atoms with Crippen molar-refractivity contribution in [1.29, 1.82) is 0 Å². The Labute approximate surface area is 131 Å². The Morgan fingerprint density at radius 3 is 2.90 bits per heavy atom. The third kappa shape index (κ3) is 4.33. The van der Waals surface area contributed by atoms with Gasteiger partial charge in [-0.25, -0.2) is 4.68 Å². The molecule has 0 spiro atoms. The van der Waals surface area contributed by atoms with Gasteiger partial charge in [0.05, 0.1) is 30.7 Å². The summed E-state index contributed by atoms with van der Waals surface area (Å²) in [6, 6.07) is 3.68. The Balaban J connectivity index is 2.08. The van der Waals surface area contributed by atoms with Crippen LogP contribution in [0.4, 0.5) is 5.69 Å². The van der Waals surface area contributed by atoms with E-state index in [1.165, 1.54) is 4.68 Å². The van der Waals surface area contributed by atoms with Gasteiger partial charge in [-0.3, -0.25) is 4.79 Å². The smallest absolute Gasteiger partial charge is 0.283 e. The molecule has 0 atom stereocenters. The molecule has 0 fully saturated rings. The van der Waals surface area contributed by atoms with Crippen LogP contribution in [0.25, 0.3) is 0 Å². The summed E-state index contributed by atoms with van der Waals surface area (Å²) in [5.74, 6) is 0. The van der Waals surface area contributed by atoms with Crippen molar-refractivity contribution in [2.24, 2.45) is 0 Å². The minimum atomic E-state index is -0.152. The maximum atomic E-state index is 12.2. The summed E-state index contributed by atoms with van der Waals surface area (Å²) in [4.78, 5) is 14.2. The highest BCUT2D eigenvalue weighted by Gasteiger charge is 2.09. The summed E-state index contributed by atoms with van der Waals surface area (Å²) >= 11 is 3.33. The second kappa shape index (κ2) is 7.28. The van der Waals surface area contributed by atoms with Gasteiger partial charge in [-0.1, -0.05) is 0 Å². The number of likely N-dealkylation sites (N-methyl/N-ethyl adjacent to an activating group) is 1. The molecule has 0 bridgehead atoms. The van der Waals surface area contributed by atoms with E-state index in [-0.39, 0.29) is 5.56 Å². The fourth-order valence-corrected chi connectivity index (χ4v) is 2.10. The van der Waals surface area contributed by atoms with E-state index in [0.717, 1.165) is 12.2 Å². The molecular weight excluding hydrogens is 336 g/mol. The second-order valence-electron chi connectivity index (χ2n) is 4.77. The molecular formula is C13H17BrN6O. The van der Waals surface area contributed by atoms with Crippen LogP contribution in [0.15, 0.2) is 33.8 Å². The van der Waals surface area contributed by atoms with E-state index in [0.29, 0.717) is 23.2 Å². The van der Waals surface area contributed by atoms with Gasteiger partial charge < -0.3 is 10.2 Å². The van der Waals surface area contributed by atoms with Crippen LogP contribution in [0.3, 0.4) is 0 Å². The second-order valence-corrected chi connectivity index (χ2v) is 5.57. The van der Waals surface area contributed by atoms with Crippen LogP contribution in [0.5, 0.6) is 0 Å². The van der Waals surface area contributed by atoms with Gasteiger partial charge in [0, 0.05) is 12.7 Å². The van der Waals surface area contributed by atoms with Crippen molar-refractivity contribution in [3.8, 4) is 0 Å². The first kappa shape index (κ1) is 15.6. The molecule has 0 aliphatic rings. The van der Waals surface area contributed by atoms with Crippen molar-refractivity contribution < 1.29 is 0 Å². The maximum Gasteiger partial charge on any atom is 0.283 e. The number of nitrogens with zero attached hydrogens (tertiary/aromatic N) is 5. The van der Waals surface area contributed by atoms with Crippen molar-refractivity contribution in [3.63, 3.8) is 0 Å². The van der Waals surface area contributed by atoms with Gasteiger partial charge in [-0.05, 0) is 42.2 Å². The number of hydrogen-bond acceptors (Lipinski definition) is 6. The molecule has 0 aliphatic carbocycles. The van der Waals surface area contributed by atoms with Gasteiger partial charge in [0.1, 0.15) is 4.47 Å². The summed E-state index contributed by atoms with van der Waals surface area (Å²) in [6.45, 7) is 1.79. The zero-order valence-electron chi connectivity index (χ0n) is 12.0. The average Bonchev–Trinajstić information content (AvgIpc) is 2.48. The molecule has 2 rings (SSSR count). The Morgan fingerprint density at radius 2 is 2.24 bits per heavy atom. The van der Waals surface area contributed by atoms with Crippen LogP contribution in [-0.2, 0) is 13.1 Å². The van der Waals surface area contributed by atoms with Crippen molar-refractivity contribution in [2.75, 3.05) is 26.0 Å². The van der Waals surface area contributed by atoms with E-state index >= 15 is 0 Å². The standard InChI is InChI=1S/C13H17BrN6O/c1-19(2)6-7-20-13(21)12(14)11(9-17-20)15-8-10-4-3-5-16-18-10/h3-5,9,15H,6-8H2,1-2H3. The third-order valence-corrected chi connectivity index (χ3v) is 3.60. The lowest BCUT2D eigenvalue weighted by Gasteiger charge is -2.12. The van der Waals surface area contributed by atoms with E-state index in [4.69, 9.17) is 0 Å². The Hall–Kier alpha value is -1.80. The lowest BCUT2D eigenvalue weighted by Crippen LogP contribution is -2.29. The van der Waals surface area contributed by atoms with Crippen molar-refractivity contribution in [1.82, 2.24) is 24.9 Å². The zero-order valence-corrected chi connectivity index (χ0v) is 13.5. The Morgan fingerprint density at radius 1 is 1.43 bits per heavy atom. The molecule has 21 heavy (non-hydrogen) atoms. The quantitative estimate of drug-likeness (QED) is 0.834. The fraction of sp³-hybridized carbons (Fsp3) is 0.385. The molecule has 7 nitrogen and oxygen atoms in total. The van der Waals surface area contributed by atoms with Gasteiger partial charge in [-0.2, -0.15) is 15.3 Å². The van der Waals surface area contributed by atoms with Gasteiger partial charge in [-0.15, -0.1) is 0 Å². The number of anilines is 1. The van der Waals surface area contributed by atoms with Gasteiger partial charge in [0.2, 0.25) is 0 Å². The first-order valence-corrected chi connectivity index (χ1v) is 7.28. The summed E-state index contributed by atoms with van der Waals surface area (Å²) in [5, 5.41) is 15.1. The van der Waals surface area contributed by atoms with Gasteiger partial charge in [0.15, 0.2) is 0 Å². The van der Waals surface area contributed by atoms with Gasteiger partial charge in [0.25, 0.3) is 5.56 Å².